The van der Waals surface area contributed by atoms with Crippen LogP contribution in [0.1, 0.15) is 22.5 Å². The summed E-state index contributed by atoms with van der Waals surface area (Å²) in [6.07, 6.45) is 3.74. The number of pyridine rings is 1. The summed E-state index contributed by atoms with van der Waals surface area (Å²) < 4.78 is 2.15. The highest BCUT2D eigenvalue weighted by Gasteiger charge is 2.09. The monoisotopic (exact) mass is 289 g/mol. The van der Waals surface area contributed by atoms with Gasteiger partial charge in [-0.05, 0) is 56.7 Å². The molecule has 0 bridgehead atoms. The second kappa shape index (κ2) is 5.98. The molecule has 1 aromatic carbocycles. The van der Waals surface area contributed by atoms with Gasteiger partial charge < -0.3 is 4.57 Å². The normalized spacial score (nSPS) is 11.2. The van der Waals surface area contributed by atoms with Crippen LogP contribution in [0.5, 0.6) is 0 Å². The Balaban J connectivity index is 1.96. The second-order valence-electron chi connectivity index (χ2n) is 5.45. The van der Waals surface area contributed by atoms with Crippen molar-refractivity contribution in [2.75, 3.05) is 0 Å². The van der Waals surface area contributed by atoms with E-state index in [1.807, 2.05) is 42.7 Å². The lowest BCUT2D eigenvalue weighted by Crippen LogP contribution is -2.01. The van der Waals surface area contributed by atoms with Crippen molar-refractivity contribution in [3.8, 4) is 5.82 Å². The molecule has 0 radical (unpaired) electrons. The first-order valence-corrected chi connectivity index (χ1v) is 7.36. The molecule has 0 spiro atoms. The summed E-state index contributed by atoms with van der Waals surface area (Å²) in [5.41, 5.74) is 5.61. The minimum atomic E-state index is 0.938. The van der Waals surface area contributed by atoms with Gasteiger partial charge in [-0.2, -0.15) is 0 Å². The highest BCUT2D eigenvalue weighted by atomic mass is 15.1. The predicted molar refractivity (Wildman–Crippen MR) is 91.5 cm³/mol. The van der Waals surface area contributed by atoms with E-state index in [0.717, 1.165) is 28.5 Å². The minimum Gasteiger partial charge on any atom is -0.303 e. The summed E-state index contributed by atoms with van der Waals surface area (Å²) >= 11 is 0. The third-order valence-electron chi connectivity index (χ3n) is 3.70. The molecule has 0 saturated heterocycles. The lowest BCUT2D eigenvalue weighted by Gasteiger charge is -2.07. The Hall–Kier alpha value is -2.68. The van der Waals surface area contributed by atoms with Crippen LogP contribution in [0.3, 0.4) is 0 Å². The molecule has 0 aliphatic heterocycles. The largest absolute Gasteiger partial charge is 0.303 e. The number of nitrogens with zero attached hydrogens (tertiary/aromatic N) is 3. The first-order valence-electron chi connectivity index (χ1n) is 7.36. The lowest BCUT2D eigenvalue weighted by atomic mass is 10.2. The van der Waals surface area contributed by atoms with Gasteiger partial charge in [-0.3, -0.25) is 4.99 Å². The van der Waals surface area contributed by atoms with Gasteiger partial charge in [0.2, 0.25) is 0 Å². The molecule has 3 aromatic rings. The van der Waals surface area contributed by atoms with Gasteiger partial charge in [-0.15, -0.1) is 0 Å². The highest BCUT2D eigenvalue weighted by Crippen LogP contribution is 2.19. The Bertz CT molecular complexity index is 814. The second-order valence-corrected chi connectivity index (χ2v) is 5.45. The Morgan fingerprint density at radius 1 is 1.00 bits per heavy atom. The van der Waals surface area contributed by atoms with E-state index in [-0.39, 0.29) is 0 Å². The van der Waals surface area contributed by atoms with Crippen LogP contribution in [0.2, 0.25) is 0 Å². The number of aryl methyl sites for hydroxylation is 2. The molecule has 0 saturated carbocycles. The number of benzene rings is 1. The molecule has 110 valence electrons. The molecular weight excluding hydrogens is 270 g/mol. The minimum absolute atomic E-state index is 0.938. The molecule has 0 amide bonds. The fourth-order valence-electron chi connectivity index (χ4n) is 2.61. The Kier molecular flexibility index (Phi) is 3.88. The quantitative estimate of drug-likeness (QED) is 0.651. The van der Waals surface area contributed by atoms with Crippen LogP contribution in [-0.2, 0) is 0 Å². The molecule has 2 heterocycles. The molecule has 0 fully saturated rings. The molecule has 0 atom stereocenters. The van der Waals surface area contributed by atoms with Crippen LogP contribution in [0.4, 0.5) is 5.69 Å². The maximum atomic E-state index is 4.59. The zero-order chi connectivity index (χ0) is 15.5. The molecule has 0 aliphatic carbocycles. The Labute approximate surface area is 131 Å². The van der Waals surface area contributed by atoms with E-state index >= 15 is 0 Å². The van der Waals surface area contributed by atoms with E-state index in [1.165, 1.54) is 5.56 Å². The van der Waals surface area contributed by atoms with Crippen molar-refractivity contribution in [2.45, 2.75) is 20.8 Å². The average molecular weight is 289 g/mol. The van der Waals surface area contributed by atoms with Crippen molar-refractivity contribution in [1.82, 2.24) is 9.55 Å². The molecule has 2 aromatic heterocycles. The number of aromatic nitrogens is 2. The van der Waals surface area contributed by atoms with Crippen LogP contribution in [0.25, 0.3) is 5.82 Å². The zero-order valence-electron chi connectivity index (χ0n) is 13.1. The van der Waals surface area contributed by atoms with Gasteiger partial charge in [0.25, 0.3) is 0 Å². The number of aliphatic imine (C=N–C) groups is 1. The van der Waals surface area contributed by atoms with E-state index in [0.29, 0.717) is 0 Å². The van der Waals surface area contributed by atoms with Crippen LogP contribution < -0.4 is 0 Å². The van der Waals surface area contributed by atoms with Crippen molar-refractivity contribution in [3.63, 3.8) is 0 Å². The fourth-order valence-corrected chi connectivity index (χ4v) is 2.61. The first kappa shape index (κ1) is 14.3. The maximum absolute atomic E-state index is 4.59. The fraction of sp³-hybridized carbons (Fsp3) is 0.158. The highest BCUT2D eigenvalue weighted by molar-refractivity contribution is 5.84. The van der Waals surface area contributed by atoms with Crippen LogP contribution in [0.15, 0.2) is 59.7 Å². The van der Waals surface area contributed by atoms with E-state index in [4.69, 9.17) is 0 Å². The summed E-state index contributed by atoms with van der Waals surface area (Å²) in [6, 6.07) is 16.3. The van der Waals surface area contributed by atoms with Crippen LogP contribution in [-0.4, -0.2) is 15.8 Å². The van der Waals surface area contributed by atoms with Gasteiger partial charge >= 0.3 is 0 Å². The van der Waals surface area contributed by atoms with Gasteiger partial charge in [-0.25, -0.2) is 4.98 Å². The van der Waals surface area contributed by atoms with Crippen LogP contribution in [0, 0.1) is 20.8 Å². The van der Waals surface area contributed by atoms with Gasteiger partial charge in [0.15, 0.2) is 0 Å². The standard InChI is InChI=1S/C19H19N3/c1-14-7-6-8-18(11-14)21-13-17-12-15(2)22(16(17)3)19-9-4-5-10-20-19/h4-13H,1-3H3. The van der Waals surface area contributed by atoms with E-state index in [2.05, 4.69) is 53.5 Å². The van der Waals surface area contributed by atoms with Crippen molar-refractivity contribution in [2.24, 2.45) is 4.99 Å². The zero-order valence-corrected chi connectivity index (χ0v) is 13.1. The summed E-state index contributed by atoms with van der Waals surface area (Å²) in [4.78, 5) is 9.02. The molecule has 22 heavy (non-hydrogen) atoms. The topological polar surface area (TPSA) is 30.2 Å². The van der Waals surface area contributed by atoms with Crippen molar-refractivity contribution in [3.05, 3.63) is 77.2 Å². The predicted octanol–water partition coefficient (Wildman–Crippen LogP) is 4.55. The summed E-state index contributed by atoms with van der Waals surface area (Å²) in [7, 11) is 0. The SMILES string of the molecule is Cc1cccc(N=Cc2cc(C)n(-c3ccccn3)c2C)c1. The summed E-state index contributed by atoms with van der Waals surface area (Å²) in [5.74, 6) is 0.938. The van der Waals surface area contributed by atoms with E-state index in [1.54, 1.807) is 0 Å². The third kappa shape index (κ3) is 2.84. The molecule has 3 rings (SSSR count). The average Bonchev–Trinajstić information content (AvgIpc) is 2.80. The number of hydrogen-bond donors (Lipinski definition) is 0. The first-order chi connectivity index (χ1) is 10.6. The lowest BCUT2D eigenvalue weighted by molar-refractivity contribution is 0.921. The Morgan fingerprint density at radius 3 is 2.59 bits per heavy atom. The van der Waals surface area contributed by atoms with E-state index < -0.39 is 0 Å². The molecule has 3 nitrogen and oxygen atoms in total. The molecule has 3 heteroatoms. The van der Waals surface area contributed by atoms with Crippen LogP contribution >= 0.6 is 0 Å². The molecule has 0 aliphatic rings. The smallest absolute Gasteiger partial charge is 0.136 e. The Morgan fingerprint density at radius 2 is 1.86 bits per heavy atom. The molecular formula is C19H19N3. The third-order valence-corrected chi connectivity index (χ3v) is 3.70. The maximum Gasteiger partial charge on any atom is 0.136 e. The van der Waals surface area contributed by atoms with Gasteiger partial charge in [0, 0.05) is 29.4 Å². The summed E-state index contributed by atoms with van der Waals surface area (Å²) in [6.45, 7) is 6.26. The molecule has 0 N–H and O–H groups in total. The number of rotatable bonds is 3. The van der Waals surface area contributed by atoms with E-state index in [9.17, 15) is 0 Å². The van der Waals surface area contributed by atoms with Gasteiger partial charge in [-0.1, -0.05) is 18.2 Å². The van der Waals surface area contributed by atoms with Gasteiger partial charge in [0.1, 0.15) is 5.82 Å². The number of hydrogen-bond acceptors (Lipinski definition) is 2. The van der Waals surface area contributed by atoms with Crippen molar-refractivity contribution < 1.29 is 0 Å². The summed E-state index contributed by atoms with van der Waals surface area (Å²) in [5, 5.41) is 0. The molecule has 0 unspecified atom stereocenters. The van der Waals surface area contributed by atoms with Crippen molar-refractivity contribution >= 4 is 11.9 Å². The van der Waals surface area contributed by atoms with Gasteiger partial charge in [0.05, 0.1) is 5.69 Å². The van der Waals surface area contributed by atoms with Crippen molar-refractivity contribution in [1.29, 1.82) is 0 Å².